The Labute approximate surface area is 168 Å². The van der Waals surface area contributed by atoms with Crippen molar-refractivity contribution in [3.63, 3.8) is 0 Å². The van der Waals surface area contributed by atoms with Crippen molar-refractivity contribution in [3.05, 3.63) is 99.6 Å². The minimum atomic E-state index is -0.605. The zero-order valence-corrected chi connectivity index (χ0v) is 15.8. The van der Waals surface area contributed by atoms with Crippen molar-refractivity contribution in [2.45, 2.75) is 13.2 Å². The van der Waals surface area contributed by atoms with Gasteiger partial charge in [-0.05, 0) is 11.1 Å². The van der Waals surface area contributed by atoms with Crippen LogP contribution in [0, 0.1) is 10.1 Å². The van der Waals surface area contributed by atoms with Crippen LogP contribution in [0.4, 0.5) is 5.69 Å². The number of methoxy groups -OCH3 is 1. The lowest BCUT2D eigenvalue weighted by atomic mass is 10.1. The number of carbonyl (C=O) groups excluding carboxylic acids is 1. The topological polar surface area (TPSA) is 90.7 Å². The Hall–Kier alpha value is -3.87. The first kappa shape index (κ1) is 19.9. The van der Waals surface area contributed by atoms with E-state index in [0.29, 0.717) is 0 Å². The number of nitro benzene ring substituents is 1. The molecule has 0 bridgehead atoms. The third kappa shape index (κ3) is 5.10. The number of hydrogen-bond donors (Lipinski definition) is 1. The minimum Gasteiger partial charge on any atom is -0.493 e. The van der Waals surface area contributed by atoms with Gasteiger partial charge in [0.2, 0.25) is 0 Å². The molecule has 3 aromatic carbocycles. The molecule has 3 rings (SSSR count). The molecule has 0 aliphatic carbocycles. The highest BCUT2D eigenvalue weighted by atomic mass is 16.6. The van der Waals surface area contributed by atoms with Gasteiger partial charge in [0.15, 0.2) is 11.5 Å². The maximum Gasteiger partial charge on any atom is 0.286 e. The van der Waals surface area contributed by atoms with Crippen LogP contribution in [0.3, 0.4) is 0 Å². The van der Waals surface area contributed by atoms with Crippen molar-refractivity contribution in [2.24, 2.45) is 0 Å². The van der Waals surface area contributed by atoms with E-state index in [9.17, 15) is 14.9 Å². The Balaban J connectivity index is 1.82. The normalized spacial score (nSPS) is 10.2. The summed E-state index contributed by atoms with van der Waals surface area (Å²) in [5.74, 6) is -0.118. The second kappa shape index (κ2) is 9.36. The number of carbonyl (C=O) groups is 1. The van der Waals surface area contributed by atoms with E-state index in [-0.39, 0.29) is 35.9 Å². The smallest absolute Gasteiger partial charge is 0.286 e. The molecule has 7 heteroatoms. The minimum absolute atomic E-state index is 0.0881. The van der Waals surface area contributed by atoms with Gasteiger partial charge in [-0.2, -0.15) is 0 Å². The second-order valence-electron chi connectivity index (χ2n) is 6.22. The van der Waals surface area contributed by atoms with Gasteiger partial charge in [0, 0.05) is 12.6 Å². The van der Waals surface area contributed by atoms with Crippen LogP contribution < -0.4 is 14.8 Å². The van der Waals surface area contributed by atoms with Crippen LogP contribution in [0.2, 0.25) is 0 Å². The summed E-state index contributed by atoms with van der Waals surface area (Å²) in [7, 11) is 1.42. The molecule has 0 atom stereocenters. The van der Waals surface area contributed by atoms with Gasteiger partial charge in [-0.3, -0.25) is 14.9 Å². The van der Waals surface area contributed by atoms with Crippen LogP contribution in [0.25, 0.3) is 0 Å². The molecule has 0 heterocycles. The van der Waals surface area contributed by atoms with Gasteiger partial charge in [0.05, 0.1) is 18.1 Å². The molecule has 0 spiro atoms. The number of nitrogens with zero attached hydrogens (tertiary/aromatic N) is 1. The molecular formula is C22H20N2O5. The first-order chi connectivity index (χ1) is 14.1. The summed E-state index contributed by atoms with van der Waals surface area (Å²) in [6.45, 7) is 0.472. The molecule has 0 saturated carbocycles. The SMILES string of the molecule is COc1cc(C(=O)NCc2ccccc2)c([N+](=O)[O-])cc1OCc1ccccc1. The summed E-state index contributed by atoms with van der Waals surface area (Å²) in [4.78, 5) is 23.5. The second-order valence-corrected chi connectivity index (χ2v) is 6.22. The van der Waals surface area contributed by atoms with Gasteiger partial charge < -0.3 is 14.8 Å². The van der Waals surface area contributed by atoms with Crippen LogP contribution >= 0.6 is 0 Å². The molecule has 0 aromatic heterocycles. The molecule has 29 heavy (non-hydrogen) atoms. The summed E-state index contributed by atoms with van der Waals surface area (Å²) in [6, 6.07) is 21.2. The number of benzene rings is 3. The van der Waals surface area contributed by atoms with E-state index in [4.69, 9.17) is 9.47 Å². The maximum absolute atomic E-state index is 12.6. The van der Waals surface area contributed by atoms with Crippen LogP contribution in [-0.4, -0.2) is 17.9 Å². The summed E-state index contributed by atoms with van der Waals surface area (Å²) in [6.07, 6.45) is 0. The van der Waals surface area contributed by atoms with Gasteiger partial charge in [-0.25, -0.2) is 0 Å². The van der Waals surface area contributed by atoms with Gasteiger partial charge in [-0.15, -0.1) is 0 Å². The number of rotatable bonds is 8. The van der Waals surface area contributed by atoms with Crippen LogP contribution in [0.1, 0.15) is 21.5 Å². The highest BCUT2D eigenvalue weighted by Gasteiger charge is 2.24. The number of hydrogen-bond acceptors (Lipinski definition) is 5. The van der Waals surface area contributed by atoms with E-state index in [1.165, 1.54) is 19.2 Å². The molecule has 0 unspecified atom stereocenters. The number of nitro groups is 1. The lowest BCUT2D eigenvalue weighted by Crippen LogP contribution is -2.23. The molecule has 148 valence electrons. The van der Waals surface area contributed by atoms with Gasteiger partial charge in [0.1, 0.15) is 12.2 Å². The Kier molecular flexibility index (Phi) is 6.42. The zero-order chi connectivity index (χ0) is 20.6. The lowest BCUT2D eigenvalue weighted by Gasteiger charge is -2.13. The predicted molar refractivity (Wildman–Crippen MR) is 108 cm³/mol. The monoisotopic (exact) mass is 392 g/mol. The predicted octanol–water partition coefficient (Wildman–Crippen LogP) is 4.11. The molecule has 0 aliphatic rings. The van der Waals surface area contributed by atoms with Crippen LogP contribution in [-0.2, 0) is 13.2 Å². The van der Waals surface area contributed by atoms with Crippen molar-refractivity contribution >= 4 is 11.6 Å². The molecule has 1 N–H and O–H groups in total. The van der Waals surface area contributed by atoms with E-state index in [0.717, 1.165) is 11.1 Å². The molecule has 7 nitrogen and oxygen atoms in total. The van der Waals surface area contributed by atoms with E-state index in [1.54, 1.807) is 0 Å². The van der Waals surface area contributed by atoms with Crippen molar-refractivity contribution in [3.8, 4) is 11.5 Å². The summed E-state index contributed by atoms with van der Waals surface area (Å²) >= 11 is 0. The third-order valence-corrected chi connectivity index (χ3v) is 4.26. The fourth-order valence-corrected chi connectivity index (χ4v) is 2.76. The van der Waals surface area contributed by atoms with Gasteiger partial charge in [-0.1, -0.05) is 60.7 Å². The Morgan fingerprint density at radius 3 is 2.17 bits per heavy atom. The number of amides is 1. The fraction of sp³-hybridized carbons (Fsp3) is 0.136. The van der Waals surface area contributed by atoms with Crippen molar-refractivity contribution < 1.29 is 19.2 Å². The molecule has 3 aromatic rings. The van der Waals surface area contributed by atoms with Crippen molar-refractivity contribution in [1.29, 1.82) is 0 Å². The number of ether oxygens (including phenoxy) is 2. The van der Waals surface area contributed by atoms with Crippen molar-refractivity contribution in [2.75, 3.05) is 7.11 Å². The Morgan fingerprint density at radius 2 is 1.59 bits per heavy atom. The maximum atomic E-state index is 12.6. The van der Waals surface area contributed by atoms with Gasteiger partial charge >= 0.3 is 0 Å². The van der Waals surface area contributed by atoms with Gasteiger partial charge in [0.25, 0.3) is 11.6 Å². The molecule has 0 aliphatic heterocycles. The zero-order valence-electron chi connectivity index (χ0n) is 15.8. The van der Waals surface area contributed by atoms with E-state index >= 15 is 0 Å². The molecular weight excluding hydrogens is 372 g/mol. The Bertz CT molecular complexity index is 991. The van der Waals surface area contributed by atoms with Crippen LogP contribution in [0.15, 0.2) is 72.8 Å². The molecule has 0 fully saturated rings. The molecule has 0 saturated heterocycles. The summed E-state index contributed by atoms with van der Waals surface area (Å²) in [5, 5.41) is 14.3. The molecule has 1 amide bonds. The van der Waals surface area contributed by atoms with E-state index in [1.807, 2.05) is 60.7 Å². The quantitative estimate of drug-likeness (QED) is 0.460. The van der Waals surface area contributed by atoms with Crippen molar-refractivity contribution in [1.82, 2.24) is 5.32 Å². The highest BCUT2D eigenvalue weighted by molar-refractivity contribution is 5.99. The van der Waals surface area contributed by atoms with E-state index in [2.05, 4.69) is 5.32 Å². The first-order valence-corrected chi connectivity index (χ1v) is 8.93. The number of nitrogens with one attached hydrogen (secondary N) is 1. The average Bonchev–Trinajstić information content (AvgIpc) is 2.76. The Morgan fingerprint density at radius 1 is 0.966 bits per heavy atom. The molecule has 0 radical (unpaired) electrons. The first-order valence-electron chi connectivity index (χ1n) is 8.93. The standard InChI is InChI=1S/C22H20N2O5/c1-28-20-12-18(22(25)23-14-16-8-4-2-5-9-16)19(24(26)27)13-21(20)29-15-17-10-6-3-7-11-17/h2-13H,14-15H2,1H3,(H,23,25). The fourth-order valence-electron chi connectivity index (χ4n) is 2.76. The summed E-state index contributed by atoms with van der Waals surface area (Å²) in [5.41, 5.74) is 1.36. The lowest BCUT2D eigenvalue weighted by molar-refractivity contribution is -0.385. The summed E-state index contributed by atoms with van der Waals surface area (Å²) < 4.78 is 11.0. The highest BCUT2D eigenvalue weighted by Crippen LogP contribution is 2.35. The largest absolute Gasteiger partial charge is 0.493 e. The average molecular weight is 392 g/mol. The van der Waals surface area contributed by atoms with Crippen LogP contribution in [0.5, 0.6) is 11.5 Å². The third-order valence-electron chi connectivity index (χ3n) is 4.26. The van der Waals surface area contributed by atoms with E-state index < -0.39 is 10.8 Å².